The molecule has 4 nitrogen and oxygen atoms in total. The van der Waals surface area contributed by atoms with E-state index in [-0.39, 0.29) is 11.7 Å². The fourth-order valence-corrected chi connectivity index (χ4v) is 4.00. The molecule has 1 aromatic carbocycles. The molecule has 0 unspecified atom stereocenters. The zero-order chi connectivity index (χ0) is 16.8. The van der Waals surface area contributed by atoms with E-state index < -0.39 is 11.5 Å². The van der Waals surface area contributed by atoms with Gasteiger partial charge < -0.3 is 5.11 Å². The number of aryl methyl sites for hydroxylation is 2. The van der Waals surface area contributed by atoms with Crippen molar-refractivity contribution in [3.05, 3.63) is 52.3 Å². The highest BCUT2D eigenvalue weighted by molar-refractivity contribution is 5.82. The van der Waals surface area contributed by atoms with Gasteiger partial charge in [-0.3, -0.25) is 9.89 Å². The number of aromatic nitrogens is 2. The molecule has 3 rings (SSSR count). The number of nitrogens with one attached hydrogen (secondary N) is 1. The average Bonchev–Trinajstić information content (AvgIpc) is 2.85. The van der Waals surface area contributed by atoms with Crippen molar-refractivity contribution in [2.45, 2.75) is 52.1 Å². The van der Waals surface area contributed by atoms with Gasteiger partial charge in [0.1, 0.15) is 5.78 Å². The van der Waals surface area contributed by atoms with Crippen LogP contribution in [0, 0.1) is 12.8 Å². The number of carbonyl (C=O) groups excluding carboxylic acids is 1. The minimum absolute atomic E-state index is 0.0193. The lowest BCUT2D eigenvalue weighted by Gasteiger charge is -2.41. The van der Waals surface area contributed by atoms with Gasteiger partial charge in [0.2, 0.25) is 0 Å². The summed E-state index contributed by atoms with van der Waals surface area (Å²) in [4.78, 5) is 12.4. The van der Waals surface area contributed by atoms with Gasteiger partial charge in [0.05, 0.1) is 17.2 Å². The Morgan fingerprint density at radius 3 is 2.61 bits per heavy atom. The second-order valence-corrected chi connectivity index (χ2v) is 6.90. The second kappa shape index (κ2) is 5.60. The number of aromatic amines is 1. The van der Waals surface area contributed by atoms with E-state index in [1.54, 1.807) is 13.8 Å². The first-order valence-electron chi connectivity index (χ1n) is 8.20. The van der Waals surface area contributed by atoms with Crippen LogP contribution < -0.4 is 0 Å². The topological polar surface area (TPSA) is 66.0 Å². The van der Waals surface area contributed by atoms with E-state index in [4.69, 9.17) is 0 Å². The number of hydrogen-bond acceptors (Lipinski definition) is 3. The quantitative estimate of drug-likeness (QED) is 0.916. The highest BCUT2D eigenvalue weighted by Crippen LogP contribution is 2.46. The van der Waals surface area contributed by atoms with Crippen LogP contribution in [0.25, 0.3) is 0 Å². The van der Waals surface area contributed by atoms with Gasteiger partial charge in [-0.05, 0) is 38.3 Å². The summed E-state index contributed by atoms with van der Waals surface area (Å²) in [5.74, 6) is -0.597. The maximum atomic E-state index is 12.4. The zero-order valence-corrected chi connectivity index (χ0v) is 14.2. The Morgan fingerprint density at radius 1 is 1.39 bits per heavy atom. The van der Waals surface area contributed by atoms with Crippen molar-refractivity contribution >= 4 is 5.78 Å². The van der Waals surface area contributed by atoms with Gasteiger partial charge in [-0.2, -0.15) is 5.10 Å². The van der Waals surface area contributed by atoms with Crippen LogP contribution in [-0.4, -0.2) is 26.7 Å². The number of hydrogen-bond donors (Lipinski definition) is 2. The summed E-state index contributed by atoms with van der Waals surface area (Å²) in [5.41, 5.74) is 4.16. The van der Waals surface area contributed by atoms with E-state index in [0.717, 1.165) is 28.9 Å². The van der Waals surface area contributed by atoms with Gasteiger partial charge in [-0.1, -0.05) is 31.2 Å². The number of ketones is 1. The first kappa shape index (κ1) is 15.9. The van der Waals surface area contributed by atoms with Gasteiger partial charge in [0.25, 0.3) is 0 Å². The minimum Gasteiger partial charge on any atom is -0.389 e. The molecule has 1 aromatic heterocycles. The van der Waals surface area contributed by atoms with Gasteiger partial charge >= 0.3 is 0 Å². The van der Waals surface area contributed by atoms with Crippen molar-refractivity contribution in [1.82, 2.24) is 10.2 Å². The van der Waals surface area contributed by atoms with E-state index in [1.807, 2.05) is 6.92 Å². The van der Waals surface area contributed by atoms with Crippen LogP contribution in [0.3, 0.4) is 0 Å². The Labute approximate surface area is 136 Å². The summed E-state index contributed by atoms with van der Waals surface area (Å²) in [7, 11) is 0. The van der Waals surface area contributed by atoms with Gasteiger partial charge in [0.15, 0.2) is 0 Å². The molecule has 0 aliphatic heterocycles. The third kappa shape index (κ3) is 2.61. The molecule has 0 radical (unpaired) electrons. The number of carbonyl (C=O) groups is 1. The van der Waals surface area contributed by atoms with Crippen molar-refractivity contribution in [3.63, 3.8) is 0 Å². The summed E-state index contributed by atoms with van der Waals surface area (Å²) in [6.07, 6.45) is 1.38. The monoisotopic (exact) mass is 312 g/mol. The third-order valence-corrected chi connectivity index (χ3v) is 5.10. The lowest BCUT2D eigenvalue weighted by molar-refractivity contribution is -0.130. The summed E-state index contributed by atoms with van der Waals surface area (Å²) in [6, 6.07) is 8.37. The number of benzene rings is 1. The molecule has 0 spiro atoms. The average molecular weight is 312 g/mol. The van der Waals surface area contributed by atoms with Gasteiger partial charge in [0, 0.05) is 23.6 Å². The van der Waals surface area contributed by atoms with E-state index in [9.17, 15) is 9.90 Å². The van der Waals surface area contributed by atoms with E-state index in [0.29, 0.717) is 6.42 Å². The van der Waals surface area contributed by atoms with Gasteiger partial charge in [-0.15, -0.1) is 0 Å². The maximum absolute atomic E-state index is 12.4. The highest BCUT2D eigenvalue weighted by atomic mass is 16.3. The van der Waals surface area contributed by atoms with Crippen LogP contribution in [0.1, 0.15) is 54.8 Å². The predicted molar refractivity (Wildman–Crippen MR) is 89.5 cm³/mol. The van der Waals surface area contributed by atoms with Crippen LogP contribution in [0.15, 0.2) is 24.3 Å². The molecule has 0 saturated carbocycles. The fourth-order valence-electron chi connectivity index (χ4n) is 4.00. The molecule has 1 aliphatic carbocycles. The van der Waals surface area contributed by atoms with Crippen molar-refractivity contribution in [2.75, 3.05) is 0 Å². The molecule has 1 heterocycles. The van der Waals surface area contributed by atoms with Crippen molar-refractivity contribution in [3.8, 4) is 0 Å². The lowest BCUT2D eigenvalue weighted by atomic mass is 9.64. The summed E-state index contributed by atoms with van der Waals surface area (Å²) < 4.78 is 0. The molecule has 0 bridgehead atoms. The van der Waals surface area contributed by atoms with Crippen LogP contribution in [0.2, 0.25) is 0 Å². The molecule has 2 N–H and O–H groups in total. The van der Waals surface area contributed by atoms with Crippen LogP contribution >= 0.6 is 0 Å². The highest BCUT2D eigenvalue weighted by Gasteiger charge is 2.48. The first-order valence-corrected chi connectivity index (χ1v) is 8.20. The minimum atomic E-state index is -1.09. The number of rotatable bonds is 3. The Balaban J connectivity index is 2.19. The Morgan fingerprint density at radius 2 is 2.04 bits per heavy atom. The Hall–Kier alpha value is -1.94. The molecule has 2 aromatic rings. The largest absolute Gasteiger partial charge is 0.389 e. The second-order valence-electron chi connectivity index (χ2n) is 6.90. The van der Waals surface area contributed by atoms with Crippen LogP contribution in [-0.2, 0) is 17.6 Å². The fraction of sp³-hybridized carbons (Fsp3) is 0.474. The molecule has 0 saturated heterocycles. The predicted octanol–water partition coefficient (Wildman–Crippen LogP) is 2.92. The number of Topliss-reactive ketones (excluding diaryl/α,β-unsaturated/α-hetero) is 1. The normalized spacial score (nSPS) is 26.8. The van der Waals surface area contributed by atoms with E-state index >= 15 is 0 Å². The smallest absolute Gasteiger partial charge is 0.136 e. The zero-order valence-electron chi connectivity index (χ0n) is 14.2. The molecule has 1 aliphatic rings. The van der Waals surface area contributed by atoms with Crippen molar-refractivity contribution in [2.24, 2.45) is 5.92 Å². The maximum Gasteiger partial charge on any atom is 0.136 e. The molecule has 0 fully saturated rings. The van der Waals surface area contributed by atoms with E-state index in [1.165, 1.54) is 5.56 Å². The van der Waals surface area contributed by atoms with Crippen LogP contribution in [0.5, 0.6) is 0 Å². The molecular weight excluding hydrogens is 288 g/mol. The number of aliphatic hydroxyl groups is 1. The van der Waals surface area contributed by atoms with Crippen LogP contribution in [0.4, 0.5) is 0 Å². The van der Waals surface area contributed by atoms with Crippen molar-refractivity contribution < 1.29 is 9.90 Å². The first-order chi connectivity index (χ1) is 10.8. The van der Waals surface area contributed by atoms with E-state index in [2.05, 4.69) is 41.4 Å². The summed E-state index contributed by atoms with van der Waals surface area (Å²) in [6.45, 7) is 7.43. The van der Waals surface area contributed by atoms with Crippen molar-refractivity contribution in [1.29, 1.82) is 0 Å². The summed E-state index contributed by atoms with van der Waals surface area (Å²) in [5, 5.41) is 18.3. The number of H-pyrrole nitrogens is 1. The SMILES string of the molecule is CCc1ccc([C@H]2c3c(n[nH]c3C)C[C@](C)(O)[C@H]2C(C)=O)cc1. The molecule has 0 amide bonds. The Kier molecular flexibility index (Phi) is 3.88. The Bertz CT molecular complexity index is 728. The molecule has 4 heteroatoms. The number of fused-ring (bicyclic) bond motifs is 1. The molecule has 3 atom stereocenters. The lowest BCUT2D eigenvalue weighted by Crippen LogP contribution is -2.48. The molecule has 23 heavy (non-hydrogen) atoms. The summed E-state index contributed by atoms with van der Waals surface area (Å²) >= 11 is 0. The van der Waals surface area contributed by atoms with Gasteiger partial charge in [-0.25, -0.2) is 0 Å². The number of nitrogens with zero attached hydrogens (tertiary/aromatic N) is 1. The molecular formula is C19H24N2O2. The molecule has 122 valence electrons. The standard InChI is InChI=1S/C19H24N2O2/c1-5-13-6-8-14(9-7-13)17-16-11(2)20-21-15(16)10-19(4,23)18(17)12(3)22/h6-9,17-18,23H,5,10H2,1-4H3,(H,20,21)/t17-,18-,19-/m0/s1. The third-order valence-electron chi connectivity index (χ3n) is 5.10.